The summed E-state index contributed by atoms with van der Waals surface area (Å²) in [7, 11) is 0. The van der Waals surface area contributed by atoms with E-state index >= 15 is 0 Å². The Morgan fingerprint density at radius 3 is 2.59 bits per heavy atom. The predicted molar refractivity (Wildman–Crippen MR) is 61.7 cm³/mol. The molecule has 0 radical (unpaired) electrons. The maximum atomic E-state index is 12.1. The zero-order chi connectivity index (χ0) is 11.8. The van der Waals surface area contributed by atoms with Crippen molar-refractivity contribution in [3.05, 3.63) is 59.4 Å². The van der Waals surface area contributed by atoms with Gasteiger partial charge in [0.25, 0.3) is 0 Å². The van der Waals surface area contributed by atoms with Crippen LogP contribution in [0.25, 0.3) is 5.57 Å². The van der Waals surface area contributed by atoms with Crippen LogP contribution in [-0.2, 0) is 0 Å². The summed E-state index contributed by atoms with van der Waals surface area (Å²) < 4.78 is 0. The van der Waals surface area contributed by atoms with Crippen LogP contribution in [0.2, 0.25) is 0 Å². The van der Waals surface area contributed by atoms with Gasteiger partial charge in [-0.25, -0.2) is 0 Å². The van der Waals surface area contributed by atoms with Crippen LogP contribution in [0.15, 0.2) is 42.6 Å². The maximum absolute atomic E-state index is 12.1. The second-order valence-electron chi connectivity index (χ2n) is 3.78. The van der Waals surface area contributed by atoms with E-state index in [2.05, 4.69) is 10.2 Å². The van der Waals surface area contributed by atoms with E-state index in [1.807, 2.05) is 18.2 Å². The van der Waals surface area contributed by atoms with E-state index in [0.29, 0.717) is 11.1 Å². The van der Waals surface area contributed by atoms with Gasteiger partial charge in [0, 0.05) is 5.57 Å². The lowest BCUT2D eigenvalue weighted by Crippen LogP contribution is -2.15. The molecule has 0 spiro atoms. The molecule has 1 N–H and O–H groups in total. The van der Waals surface area contributed by atoms with Crippen LogP contribution in [0, 0.1) is 0 Å². The molecule has 0 saturated carbocycles. The monoisotopic (exact) mass is 224 g/mol. The van der Waals surface area contributed by atoms with Gasteiger partial charge in [-0.1, -0.05) is 30.3 Å². The van der Waals surface area contributed by atoms with E-state index < -0.39 is 0 Å². The van der Waals surface area contributed by atoms with Gasteiger partial charge in [-0.05, 0) is 11.6 Å². The highest BCUT2D eigenvalue weighted by atomic mass is 16.1. The molecule has 0 saturated heterocycles. The van der Waals surface area contributed by atoms with Crippen LogP contribution < -0.4 is 0 Å². The highest BCUT2D eigenvalue weighted by molar-refractivity contribution is 6.37. The van der Waals surface area contributed by atoms with Gasteiger partial charge in [0.2, 0.25) is 5.78 Å². The van der Waals surface area contributed by atoms with E-state index in [-0.39, 0.29) is 17.3 Å². The lowest BCUT2D eigenvalue weighted by Gasteiger charge is -2.10. The quantitative estimate of drug-likeness (QED) is 0.804. The third kappa shape index (κ3) is 1.42. The summed E-state index contributed by atoms with van der Waals surface area (Å²) in [5.74, 6) is -0.379. The SMILES string of the molecule is O=C1C=C(c2ccccc2)C(=O)c2[nH]ncc21. The number of carbonyl (C=O) groups excluding carboxylic acids is 2. The van der Waals surface area contributed by atoms with Crippen molar-refractivity contribution in [3.63, 3.8) is 0 Å². The fourth-order valence-corrected chi connectivity index (χ4v) is 1.89. The van der Waals surface area contributed by atoms with E-state index in [0.717, 1.165) is 5.56 Å². The highest BCUT2D eigenvalue weighted by Crippen LogP contribution is 2.25. The smallest absolute Gasteiger partial charge is 0.212 e. The number of benzene rings is 1. The molecular formula is C13H8N2O2. The number of allylic oxidation sites excluding steroid dienone is 2. The van der Waals surface area contributed by atoms with Crippen molar-refractivity contribution in [3.8, 4) is 0 Å². The summed E-state index contributed by atoms with van der Waals surface area (Å²) in [6.07, 6.45) is 2.75. The number of aromatic nitrogens is 2. The highest BCUT2D eigenvalue weighted by Gasteiger charge is 2.27. The topological polar surface area (TPSA) is 62.8 Å². The predicted octanol–water partition coefficient (Wildman–Crippen LogP) is 1.87. The Morgan fingerprint density at radius 1 is 1.06 bits per heavy atom. The van der Waals surface area contributed by atoms with Crippen LogP contribution in [0.5, 0.6) is 0 Å². The Bertz CT molecular complexity index is 638. The van der Waals surface area contributed by atoms with Gasteiger partial charge in [-0.2, -0.15) is 5.10 Å². The van der Waals surface area contributed by atoms with Crippen molar-refractivity contribution in [2.45, 2.75) is 0 Å². The standard InChI is InChI=1S/C13H8N2O2/c16-11-6-9(8-4-2-1-3-5-8)13(17)12-10(11)7-14-15-12/h1-7H,(H,14,15). The van der Waals surface area contributed by atoms with Crippen LogP contribution >= 0.6 is 0 Å². The minimum Gasteiger partial charge on any atom is -0.289 e. The van der Waals surface area contributed by atoms with Gasteiger partial charge >= 0.3 is 0 Å². The van der Waals surface area contributed by atoms with Crippen LogP contribution in [0.3, 0.4) is 0 Å². The maximum Gasteiger partial charge on any atom is 0.212 e. The molecule has 0 atom stereocenters. The first-order valence-corrected chi connectivity index (χ1v) is 5.17. The van der Waals surface area contributed by atoms with E-state index in [9.17, 15) is 9.59 Å². The molecule has 2 aromatic rings. The average Bonchev–Trinajstić information content (AvgIpc) is 2.85. The number of Topliss-reactive ketones (excluding diaryl/α,β-unsaturated/α-hetero) is 1. The Hall–Kier alpha value is -2.49. The molecule has 1 aliphatic carbocycles. The molecule has 4 heteroatoms. The molecule has 0 bridgehead atoms. The third-order valence-electron chi connectivity index (χ3n) is 2.74. The lowest BCUT2D eigenvalue weighted by molar-refractivity contribution is 0.0999. The Morgan fingerprint density at radius 2 is 1.82 bits per heavy atom. The number of nitrogens with zero attached hydrogens (tertiary/aromatic N) is 1. The molecule has 1 aromatic carbocycles. The number of rotatable bonds is 1. The lowest BCUT2D eigenvalue weighted by atomic mass is 9.91. The summed E-state index contributed by atoms with van der Waals surface area (Å²) in [5.41, 5.74) is 1.77. The summed E-state index contributed by atoms with van der Waals surface area (Å²) in [5, 5.41) is 6.31. The largest absolute Gasteiger partial charge is 0.289 e. The molecule has 3 rings (SSSR count). The van der Waals surface area contributed by atoms with Crippen molar-refractivity contribution < 1.29 is 9.59 Å². The second kappa shape index (κ2) is 3.52. The number of H-pyrrole nitrogens is 1. The minimum atomic E-state index is -0.191. The molecule has 1 heterocycles. The number of fused-ring (bicyclic) bond motifs is 1. The van der Waals surface area contributed by atoms with E-state index in [1.165, 1.54) is 12.3 Å². The van der Waals surface area contributed by atoms with Crippen LogP contribution in [-0.4, -0.2) is 21.8 Å². The number of hydrogen-bond acceptors (Lipinski definition) is 3. The Balaban J connectivity index is 2.15. The van der Waals surface area contributed by atoms with Crippen molar-refractivity contribution in [2.24, 2.45) is 0 Å². The molecule has 0 unspecified atom stereocenters. The first kappa shape index (κ1) is 9.72. The molecular weight excluding hydrogens is 216 g/mol. The molecule has 4 nitrogen and oxygen atoms in total. The average molecular weight is 224 g/mol. The Kier molecular flexibility index (Phi) is 2.01. The summed E-state index contributed by atoms with van der Waals surface area (Å²) in [6.45, 7) is 0. The fourth-order valence-electron chi connectivity index (χ4n) is 1.89. The summed E-state index contributed by atoms with van der Waals surface area (Å²) >= 11 is 0. The van der Waals surface area contributed by atoms with Crippen molar-refractivity contribution in [2.75, 3.05) is 0 Å². The van der Waals surface area contributed by atoms with E-state index in [4.69, 9.17) is 0 Å². The van der Waals surface area contributed by atoms with Crippen LogP contribution in [0.1, 0.15) is 26.4 Å². The molecule has 82 valence electrons. The molecule has 17 heavy (non-hydrogen) atoms. The van der Waals surface area contributed by atoms with Gasteiger partial charge in [0.05, 0.1) is 11.8 Å². The second-order valence-corrected chi connectivity index (χ2v) is 3.78. The normalized spacial score (nSPS) is 14.5. The zero-order valence-corrected chi connectivity index (χ0v) is 8.81. The zero-order valence-electron chi connectivity index (χ0n) is 8.81. The number of ketones is 2. The Labute approximate surface area is 97.0 Å². The van der Waals surface area contributed by atoms with Gasteiger partial charge in [0.15, 0.2) is 5.78 Å². The van der Waals surface area contributed by atoms with Gasteiger partial charge in [0.1, 0.15) is 5.69 Å². The molecule has 0 aliphatic heterocycles. The first-order valence-electron chi connectivity index (χ1n) is 5.17. The number of carbonyl (C=O) groups is 2. The first-order chi connectivity index (χ1) is 8.27. The third-order valence-corrected chi connectivity index (χ3v) is 2.74. The summed E-state index contributed by atoms with van der Waals surface area (Å²) in [6, 6.07) is 9.13. The molecule has 0 amide bonds. The van der Waals surface area contributed by atoms with Crippen molar-refractivity contribution in [1.29, 1.82) is 0 Å². The minimum absolute atomic E-state index is 0.188. The van der Waals surface area contributed by atoms with Gasteiger partial charge in [-0.15, -0.1) is 0 Å². The van der Waals surface area contributed by atoms with Crippen molar-refractivity contribution >= 4 is 17.1 Å². The number of nitrogens with one attached hydrogen (secondary N) is 1. The van der Waals surface area contributed by atoms with Crippen LogP contribution in [0.4, 0.5) is 0 Å². The molecule has 1 aliphatic rings. The molecule has 1 aromatic heterocycles. The van der Waals surface area contributed by atoms with Gasteiger partial charge < -0.3 is 0 Å². The molecule has 0 fully saturated rings. The fraction of sp³-hybridized carbons (Fsp3) is 0. The summed E-state index contributed by atoms with van der Waals surface area (Å²) in [4.78, 5) is 23.9. The van der Waals surface area contributed by atoms with Gasteiger partial charge in [-0.3, -0.25) is 14.7 Å². The van der Waals surface area contributed by atoms with Crippen molar-refractivity contribution in [1.82, 2.24) is 10.2 Å². The number of aromatic amines is 1. The number of hydrogen-bond donors (Lipinski definition) is 1. The van der Waals surface area contributed by atoms with E-state index in [1.54, 1.807) is 12.1 Å².